The summed E-state index contributed by atoms with van der Waals surface area (Å²) in [5.74, 6) is -0.254. The number of para-hydroxylation sites is 1. The van der Waals surface area contributed by atoms with Crippen LogP contribution in [0.2, 0.25) is 0 Å². The SMILES string of the molecule is Cl.N[C@@H](Cc1ccccc1)C(=O)Oc1ccc2c(=O)c3ccccc3oc2c1. The minimum atomic E-state index is -0.785. The van der Waals surface area contributed by atoms with Crippen LogP contribution in [0.3, 0.4) is 0 Å². The summed E-state index contributed by atoms with van der Waals surface area (Å²) >= 11 is 0. The van der Waals surface area contributed by atoms with E-state index in [-0.39, 0.29) is 23.6 Å². The molecule has 0 unspecified atom stereocenters. The van der Waals surface area contributed by atoms with Gasteiger partial charge in [-0.3, -0.25) is 4.79 Å². The average Bonchev–Trinajstić information content (AvgIpc) is 2.69. The number of hydrogen-bond donors (Lipinski definition) is 1. The Labute approximate surface area is 167 Å². The third kappa shape index (κ3) is 3.91. The highest BCUT2D eigenvalue weighted by Crippen LogP contribution is 2.23. The molecule has 0 amide bonds. The number of halogens is 1. The van der Waals surface area contributed by atoms with Gasteiger partial charge in [0.05, 0.1) is 10.8 Å². The molecule has 0 radical (unpaired) electrons. The molecule has 5 nitrogen and oxygen atoms in total. The fraction of sp³-hybridized carbons (Fsp3) is 0.0909. The first-order valence-corrected chi connectivity index (χ1v) is 8.58. The van der Waals surface area contributed by atoms with E-state index in [0.29, 0.717) is 28.4 Å². The number of nitrogens with two attached hydrogens (primary N) is 1. The van der Waals surface area contributed by atoms with E-state index in [1.807, 2.05) is 30.3 Å². The highest BCUT2D eigenvalue weighted by atomic mass is 35.5. The molecule has 0 fully saturated rings. The molecule has 1 aromatic heterocycles. The molecule has 0 saturated carbocycles. The van der Waals surface area contributed by atoms with Gasteiger partial charge in [0.2, 0.25) is 5.43 Å². The predicted octanol–water partition coefficient (Wildman–Crippen LogP) is 3.84. The number of carbonyl (C=O) groups excluding carboxylic acids is 1. The van der Waals surface area contributed by atoms with Crippen LogP contribution in [0.5, 0.6) is 5.75 Å². The van der Waals surface area contributed by atoms with Crippen LogP contribution >= 0.6 is 12.4 Å². The first kappa shape index (κ1) is 19.6. The molecule has 1 heterocycles. The second-order valence-electron chi connectivity index (χ2n) is 6.30. The molecule has 6 heteroatoms. The second kappa shape index (κ2) is 8.25. The van der Waals surface area contributed by atoms with Crippen molar-refractivity contribution in [2.45, 2.75) is 12.5 Å². The van der Waals surface area contributed by atoms with Gasteiger partial charge in [-0.1, -0.05) is 42.5 Å². The lowest BCUT2D eigenvalue weighted by molar-refractivity contribution is -0.135. The summed E-state index contributed by atoms with van der Waals surface area (Å²) in [4.78, 5) is 24.8. The molecule has 142 valence electrons. The van der Waals surface area contributed by atoms with Gasteiger partial charge in [-0.15, -0.1) is 12.4 Å². The lowest BCUT2D eigenvalue weighted by Gasteiger charge is -2.11. The fourth-order valence-corrected chi connectivity index (χ4v) is 2.99. The van der Waals surface area contributed by atoms with Gasteiger partial charge in [0, 0.05) is 6.07 Å². The molecule has 4 aromatic rings. The summed E-state index contributed by atoms with van der Waals surface area (Å²) in [5.41, 5.74) is 7.64. The number of carbonyl (C=O) groups is 1. The Morgan fingerprint density at radius 3 is 2.39 bits per heavy atom. The van der Waals surface area contributed by atoms with Gasteiger partial charge in [0.1, 0.15) is 23.0 Å². The molecule has 0 saturated heterocycles. The summed E-state index contributed by atoms with van der Waals surface area (Å²) in [6.45, 7) is 0. The third-order valence-electron chi connectivity index (χ3n) is 4.37. The van der Waals surface area contributed by atoms with Crippen LogP contribution in [0.25, 0.3) is 21.9 Å². The van der Waals surface area contributed by atoms with Gasteiger partial charge in [-0.2, -0.15) is 0 Å². The molecule has 4 rings (SSSR count). The Bertz CT molecular complexity index is 1190. The van der Waals surface area contributed by atoms with E-state index in [1.165, 1.54) is 6.07 Å². The highest BCUT2D eigenvalue weighted by molar-refractivity contribution is 5.90. The molecular weight excluding hydrogens is 378 g/mol. The van der Waals surface area contributed by atoms with Gasteiger partial charge in [-0.25, -0.2) is 4.79 Å². The molecule has 0 aliphatic rings. The smallest absolute Gasteiger partial charge is 0.328 e. The Kier molecular flexibility index (Phi) is 5.78. The van der Waals surface area contributed by atoms with Crippen molar-refractivity contribution >= 4 is 40.3 Å². The van der Waals surface area contributed by atoms with Crippen molar-refractivity contribution in [3.05, 3.63) is 88.6 Å². The Morgan fingerprint density at radius 2 is 1.61 bits per heavy atom. The minimum Gasteiger partial charge on any atom is -0.456 e. The normalized spacial score (nSPS) is 11.8. The number of fused-ring (bicyclic) bond motifs is 2. The maximum atomic E-state index is 12.5. The van der Waals surface area contributed by atoms with Crippen LogP contribution in [-0.4, -0.2) is 12.0 Å². The van der Waals surface area contributed by atoms with Crippen LogP contribution in [-0.2, 0) is 11.2 Å². The van der Waals surface area contributed by atoms with E-state index < -0.39 is 12.0 Å². The first-order chi connectivity index (χ1) is 13.1. The maximum absolute atomic E-state index is 12.5. The topological polar surface area (TPSA) is 82.5 Å². The molecule has 2 N–H and O–H groups in total. The molecule has 0 spiro atoms. The van der Waals surface area contributed by atoms with Crippen molar-refractivity contribution in [3.8, 4) is 5.75 Å². The Hall–Kier alpha value is -3.15. The van der Waals surface area contributed by atoms with E-state index >= 15 is 0 Å². The Morgan fingerprint density at radius 1 is 0.929 bits per heavy atom. The van der Waals surface area contributed by atoms with Crippen LogP contribution in [0, 0.1) is 0 Å². The van der Waals surface area contributed by atoms with Gasteiger partial charge in [0.15, 0.2) is 0 Å². The molecule has 0 bridgehead atoms. The van der Waals surface area contributed by atoms with E-state index in [4.69, 9.17) is 14.9 Å². The predicted molar refractivity (Wildman–Crippen MR) is 111 cm³/mol. The van der Waals surface area contributed by atoms with Crippen LogP contribution in [0.15, 0.2) is 82.0 Å². The lowest BCUT2D eigenvalue weighted by Crippen LogP contribution is -2.36. The van der Waals surface area contributed by atoms with Crippen molar-refractivity contribution in [2.75, 3.05) is 0 Å². The van der Waals surface area contributed by atoms with Crippen molar-refractivity contribution in [1.82, 2.24) is 0 Å². The monoisotopic (exact) mass is 395 g/mol. The maximum Gasteiger partial charge on any atom is 0.328 e. The lowest BCUT2D eigenvalue weighted by atomic mass is 10.1. The summed E-state index contributed by atoms with van der Waals surface area (Å²) in [6, 6.07) is 20.4. The van der Waals surface area contributed by atoms with Crippen LogP contribution < -0.4 is 15.9 Å². The van der Waals surface area contributed by atoms with Crippen molar-refractivity contribution in [2.24, 2.45) is 5.73 Å². The quantitative estimate of drug-likeness (QED) is 0.322. The summed E-state index contributed by atoms with van der Waals surface area (Å²) in [5, 5.41) is 0.946. The van der Waals surface area contributed by atoms with Crippen LogP contribution in [0.4, 0.5) is 0 Å². The fourth-order valence-electron chi connectivity index (χ4n) is 2.99. The number of esters is 1. The van der Waals surface area contributed by atoms with Gasteiger partial charge >= 0.3 is 5.97 Å². The summed E-state index contributed by atoms with van der Waals surface area (Å²) < 4.78 is 11.2. The second-order valence-corrected chi connectivity index (χ2v) is 6.30. The third-order valence-corrected chi connectivity index (χ3v) is 4.37. The van der Waals surface area contributed by atoms with E-state index in [0.717, 1.165) is 5.56 Å². The first-order valence-electron chi connectivity index (χ1n) is 8.58. The van der Waals surface area contributed by atoms with Crippen molar-refractivity contribution in [3.63, 3.8) is 0 Å². The number of benzene rings is 3. The number of rotatable bonds is 4. The molecule has 3 aromatic carbocycles. The van der Waals surface area contributed by atoms with Crippen molar-refractivity contribution < 1.29 is 13.9 Å². The van der Waals surface area contributed by atoms with E-state index in [9.17, 15) is 9.59 Å². The largest absolute Gasteiger partial charge is 0.456 e. The summed E-state index contributed by atoms with van der Waals surface area (Å²) in [7, 11) is 0. The van der Waals surface area contributed by atoms with E-state index in [2.05, 4.69) is 0 Å². The summed E-state index contributed by atoms with van der Waals surface area (Å²) in [6.07, 6.45) is 0.382. The molecule has 0 aliphatic heterocycles. The zero-order valence-electron chi connectivity index (χ0n) is 14.8. The zero-order valence-corrected chi connectivity index (χ0v) is 15.6. The molecule has 28 heavy (non-hydrogen) atoms. The molecule has 1 atom stereocenters. The minimum absolute atomic E-state index is 0. The van der Waals surface area contributed by atoms with Gasteiger partial charge < -0.3 is 14.9 Å². The molecule has 0 aliphatic carbocycles. The Balaban J connectivity index is 0.00000225. The molecular formula is C22H18ClNO4. The standard InChI is InChI=1S/C22H17NO4.ClH/c23-18(12-14-6-2-1-3-7-14)22(25)26-15-10-11-17-20(13-15)27-19-9-5-4-8-16(19)21(17)24;/h1-11,13,18H,12,23H2;1H/t18-;/m0./s1. The number of hydrogen-bond acceptors (Lipinski definition) is 5. The van der Waals surface area contributed by atoms with Crippen LogP contribution in [0.1, 0.15) is 5.56 Å². The number of ether oxygens (including phenoxy) is 1. The van der Waals surface area contributed by atoms with Crippen molar-refractivity contribution in [1.29, 1.82) is 0 Å². The van der Waals surface area contributed by atoms with Gasteiger partial charge in [-0.05, 0) is 36.2 Å². The average molecular weight is 396 g/mol. The van der Waals surface area contributed by atoms with E-state index in [1.54, 1.807) is 36.4 Å². The van der Waals surface area contributed by atoms with Gasteiger partial charge in [0.25, 0.3) is 0 Å². The zero-order chi connectivity index (χ0) is 18.8. The highest BCUT2D eigenvalue weighted by Gasteiger charge is 2.17.